The maximum atomic E-state index is 10.0. The molecule has 0 aliphatic heterocycles. The van der Waals surface area contributed by atoms with E-state index in [1.807, 2.05) is 6.07 Å². The monoisotopic (exact) mass is 194 g/mol. The summed E-state index contributed by atoms with van der Waals surface area (Å²) in [6, 6.07) is 3.63. The second-order valence-electron chi connectivity index (χ2n) is 2.58. The molecule has 0 saturated carbocycles. The van der Waals surface area contributed by atoms with E-state index in [0.717, 1.165) is 11.8 Å². The second kappa shape index (κ2) is 4.80. The first kappa shape index (κ1) is 9.97. The molecule has 6 nitrogen and oxygen atoms in total. The third-order valence-corrected chi connectivity index (χ3v) is 1.46. The fourth-order valence-corrected chi connectivity index (χ4v) is 0.866. The molecule has 6 heteroatoms. The summed E-state index contributed by atoms with van der Waals surface area (Å²) in [5.74, 6) is 0.0267. The van der Waals surface area contributed by atoms with E-state index in [2.05, 4.69) is 10.3 Å². The van der Waals surface area contributed by atoms with E-state index in [0.29, 0.717) is 6.54 Å². The highest BCUT2D eigenvalue weighted by molar-refractivity contribution is 5.09. The van der Waals surface area contributed by atoms with Gasteiger partial charge in [0.1, 0.15) is 0 Å². The summed E-state index contributed by atoms with van der Waals surface area (Å²) < 4.78 is 0. The van der Waals surface area contributed by atoms with E-state index in [4.69, 9.17) is 5.73 Å². The van der Waals surface area contributed by atoms with Crippen LogP contribution in [0.4, 0.5) is 0 Å². The summed E-state index contributed by atoms with van der Waals surface area (Å²) in [6.45, 7) is 0.421. The minimum Gasteiger partial charge on any atom is -0.380 e. The number of nitro groups is 1. The van der Waals surface area contributed by atoms with E-state index >= 15 is 0 Å². The minimum atomic E-state index is -0.606. The Hall–Kier alpha value is -2.11. The van der Waals surface area contributed by atoms with Crippen molar-refractivity contribution in [2.24, 2.45) is 5.73 Å². The first-order valence-electron chi connectivity index (χ1n) is 3.92. The molecule has 14 heavy (non-hydrogen) atoms. The van der Waals surface area contributed by atoms with Gasteiger partial charge in [-0.2, -0.15) is 0 Å². The SMILES string of the molecule is NC(=C[N+](=O)[O-])NCc1cccnc1. The molecule has 0 fully saturated rings. The smallest absolute Gasteiger partial charge is 0.273 e. The third-order valence-electron chi connectivity index (χ3n) is 1.46. The summed E-state index contributed by atoms with van der Waals surface area (Å²) in [5.41, 5.74) is 6.22. The lowest BCUT2D eigenvalue weighted by Gasteiger charge is -2.02. The van der Waals surface area contributed by atoms with Crippen LogP contribution in [0.2, 0.25) is 0 Å². The minimum absolute atomic E-state index is 0.0267. The molecule has 0 unspecified atom stereocenters. The van der Waals surface area contributed by atoms with E-state index in [9.17, 15) is 10.1 Å². The van der Waals surface area contributed by atoms with Gasteiger partial charge >= 0.3 is 0 Å². The predicted molar refractivity (Wildman–Crippen MR) is 50.3 cm³/mol. The number of aromatic nitrogens is 1. The second-order valence-corrected chi connectivity index (χ2v) is 2.58. The number of nitrogens with zero attached hydrogens (tertiary/aromatic N) is 2. The van der Waals surface area contributed by atoms with Crippen molar-refractivity contribution in [3.05, 3.63) is 52.2 Å². The summed E-state index contributed by atoms with van der Waals surface area (Å²) >= 11 is 0. The molecule has 0 aliphatic carbocycles. The standard InChI is InChI=1S/C8H10N4O2/c9-8(6-12(13)14)11-5-7-2-1-3-10-4-7/h1-4,6,11H,5,9H2. The Morgan fingerprint density at radius 2 is 2.57 bits per heavy atom. The first-order valence-corrected chi connectivity index (χ1v) is 3.92. The predicted octanol–water partition coefficient (Wildman–Crippen LogP) is 0.205. The van der Waals surface area contributed by atoms with Crippen LogP contribution in [0.25, 0.3) is 0 Å². The van der Waals surface area contributed by atoms with Crippen molar-refractivity contribution in [3.8, 4) is 0 Å². The Morgan fingerprint density at radius 3 is 3.14 bits per heavy atom. The van der Waals surface area contributed by atoms with Gasteiger partial charge in [-0.05, 0) is 11.6 Å². The van der Waals surface area contributed by atoms with Crippen molar-refractivity contribution >= 4 is 0 Å². The van der Waals surface area contributed by atoms with Gasteiger partial charge in [0.15, 0.2) is 5.82 Å². The van der Waals surface area contributed by atoms with Crippen LogP contribution >= 0.6 is 0 Å². The molecule has 0 saturated heterocycles. The first-order chi connectivity index (χ1) is 6.68. The zero-order chi connectivity index (χ0) is 10.4. The Bertz CT molecular complexity index is 336. The van der Waals surface area contributed by atoms with Gasteiger partial charge in [0, 0.05) is 18.9 Å². The lowest BCUT2D eigenvalue weighted by molar-refractivity contribution is -0.403. The number of nitrogens with two attached hydrogens (primary N) is 1. The normalized spacial score (nSPS) is 11.0. The van der Waals surface area contributed by atoms with Gasteiger partial charge < -0.3 is 11.1 Å². The molecule has 0 radical (unpaired) electrons. The highest BCUT2D eigenvalue weighted by Gasteiger charge is 1.96. The van der Waals surface area contributed by atoms with E-state index < -0.39 is 4.92 Å². The van der Waals surface area contributed by atoms with Gasteiger partial charge in [-0.25, -0.2) is 0 Å². The molecular weight excluding hydrogens is 184 g/mol. The summed E-state index contributed by atoms with van der Waals surface area (Å²) in [7, 11) is 0. The van der Waals surface area contributed by atoms with Gasteiger partial charge in [0.2, 0.25) is 0 Å². The Labute approximate surface area is 80.6 Å². The van der Waals surface area contributed by atoms with Crippen LogP contribution in [-0.2, 0) is 6.54 Å². The molecule has 0 amide bonds. The lowest BCUT2D eigenvalue weighted by Crippen LogP contribution is -2.20. The van der Waals surface area contributed by atoms with Crippen molar-refractivity contribution in [3.63, 3.8) is 0 Å². The van der Waals surface area contributed by atoms with Crippen LogP contribution in [0.15, 0.2) is 36.5 Å². The fraction of sp³-hybridized carbons (Fsp3) is 0.125. The van der Waals surface area contributed by atoms with Crippen molar-refractivity contribution < 1.29 is 4.92 Å². The molecule has 0 aromatic carbocycles. The highest BCUT2D eigenvalue weighted by atomic mass is 16.6. The van der Waals surface area contributed by atoms with E-state index in [-0.39, 0.29) is 5.82 Å². The summed E-state index contributed by atoms with van der Waals surface area (Å²) in [4.78, 5) is 13.3. The molecule has 0 atom stereocenters. The maximum Gasteiger partial charge on any atom is 0.273 e. The van der Waals surface area contributed by atoms with Gasteiger partial charge in [-0.1, -0.05) is 6.07 Å². The molecule has 0 aliphatic rings. The number of hydrogen-bond acceptors (Lipinski definition) is 5. The van der Waals surface area contributed by atoms with Crippen molar-refractivity contribution in [1.29, 1.82) is 0 Å². The van der Waals surface area contributed by atoms with Crippen LogP contribution in [-0.4, -0.2) is 9.91 Å². The van der Waals surface area contributed by atoms with Crippen molar-refractivity contribution in [2.45, 2.75) is 6.54 Å². The summed E-state index contributed by atoms with van der Waals surface area (Å²) in [5, 5.41) is 12.7. The maximum absolute atomic E-state index is 10.0. The molecule has 0 bridgehead atoms. The largest absolute Gasteiger partial charge is 0.380 e. The van der Waals surface area contributed by atoms with Crippen molar-refractivity contribution in [2.75, 3.05) is 0 Å². The quantitative estimate of drug-likeness (QED) is 0.527. The van der Waals surface area contributed by atoms with Crippen LogP contribution in [0.1, 0.15) is 5.56 Å². The van der Waals surface area contributed by atoms with Crippen molar-refractivity contribution in [1.82, 2.24) is 10.3 Å². The number of pyridine rings is 1. The third kappa shape index (κ3) is 3.53. The molecule has 1 rings (SSSR count). The number of rotatable bonds is 4. The fourth-order valence-electron chi connectivity index (χ4n) is 0.866. The van der Waals surface area contributed by atoms with Gasteiger partial charge in [-0.3, -0.25) is 15.1 Å². The van der Waals surface area contributed by atoms with Crippen LogP contribution in [0.5, 0.6) is 0 Å². The van der Waals surface area contributed by atoms with Gasteiger partial charge in [0.25, 0.3) is 6.20 Å². The molecule has 1 aromatic heterocycles. The number of nitrogens with one attached hydrogen (secondary N) is 1. The number of hydrogen-bond donors (Lipinski definition) is 2. The Kier molecular flexibility index (Phi) is 3.42. The Balaban J connectivity index is 2.45. The van der Waals surface area contributed by atoms with Crippen LogP contribution in [0, 0.1) is 10.1 Å². The topological polar surface area (TPSA) is 94.1 Å². The average molecular weight is 194 g/mol. The van der Waals surface area contributed by atoms with Crippen LogP contribution in [0.3, 0.4) is 0 Å². The summed E-state index contributed by atoms with van der Waals surface area (Å²) in [6.07, 6.45) is 4.03. The molecule has 74 valence electrons. The Morgan fingerprint density at radius 1 is 1.79 bits per heavy atom. The van der Waals surface area contributed by atoms with Crippen LogP contribution < -0.4 is 11.1 Å². The zero-order valence-corrected chi connectivity index (χ0v) is 7.38. The van der Waals surface area contributed by atoms with E-state index in [1.54, 1.807) is 18.5 Å². The van der Waals surface area contributed by atoms with Gasteiger partial charge in [0.05, 0.1) is 4.92 Å². The molecule has 0 spiro atoms. The zero-order valence-electron chi connectivity index (χ0n) is 7.38. The molecule has 3 N–H and O–H groups in total. The lowest BCUT2D eigenvalue weighted by atomic mass is 10.3. The molecule has 1 heterocycles. The van der Waals surface area contributed by atoms with Gasteiger partial charge in [-0.15, -0.1) is 0 Å². The molecule has 1 aromatic rings. The van der Waals surface area contributed by atoms with E-state index in [1.165, 1.54) is 0 Å². The highest BCUT2D eigenvalue weighted by Crippen LogP contribution is 1.94. The average Bonchev–Trinajstić information content (AvgIpc) is 2.15. The molecular formula is C8H10N4O2.